The Hall–Kier alpha value is 0.210. The third-order valence-electron chi connectivity index (χ3n) is 2.93. The van der Waals surface area contributed by atoms with Gasteiger partial charge in [-0.1, -0.05) is 0 Å². The van der Waals surface area contributed by atoms with Crippen molar-refractivity contribution in [2.24, 2.45) is 0 Å². The van der Waals surface area contributed by atoms with E-state index in [1.54, 1.807) is 0 Å². The van der Waals surface area contributed by atoms with Gasteiger partial charge in [0.15, 0.2) is 0 Å². The smallest absolute Gasteiger partial charge is 0.0696 e. The SMILES string of the molecule is C1CNCCC2(C1)CCCO2.Cl. The van der Waals surface area contributed by atoms with E-state index >= 15 is 0 Å². The molecular formula is C9H18ClNO. The molecule has 1 unspecified atom stereocenters. The van der Waals surface area contributed by atoms with E-state index in [1.165, 1.54) is 38.6 Å². The minimum Gasteiger partial charge on any atom is -0.375 e. The van der Waals surface area contributed by atoms with Gasteiger partial charge in [-0.3, -0.25) is 0 Å². The lowest BCUT2D eigenvalue weighted by Gasteiger charge is -2.25. The van der Waals surface area contributed by atoms with Gasteiger partial charge in [0.25, 0.3) is 0 Å². The van der Waals surface area contributed by atoms with Crippen molar-refractivity contribution in [3.8, 4) is 0 Å². The second-order valence-electron chi connectivity index (χ2n) is 3.74. The van der Waals surface area contributed by atoms with E-state index in [2.05, 4.69) is 5.32 Å². The summed E-state index contributed by atoms with van der Waals surface area (Å²) >= 11 is 0. The van der Waals surface area contributed by atoms with Crippen LogP contribution >= 0.6 is 12.4 Å². The molecule has 0 radical (unpaired) electrons. The predicted octanol–water partition coefficient (Wildman–Crippen LogP) is 1.73. The number of rotatable bonds is 0. The minimum absolute atomic E-state index is 0. The molecule has 2 saturated heterocycles. The molecule has 1 atom stereocenters. The first-order valence-electron chi connectivity index (χ1n) is 4.76. The first-order chi connectivity index (χ1) is 5.41. The van der Waals surface area contributed by atoms with Crippen LogP contribution in [0.1, 0.15) is 32.1 Å². The number of ether oxygens (including phenoxy) is 1. The topological polar surface area (TPSA) is 21.3 Å². The van der Waals surface area contributed by atoms with E-state index in [-0.39, 0.29) is 12.4 Å². The molecule has 1 N–H and O–H groups in total. The van der Waals surface area contributed by atoms with E-state index in [0.29, 0.717) is 5.60 Å². The molecule has 72 valence electrons. The average molecular weight is 192 g/mol. The Bertz CT molecular complexity index is 124. The Morgan fingerprint density at radius 2 is 1.83 bits per heavy atom. The van der Waals surface area contributed by atoms with Gasteiger partial charge in [0, 0.05) is 6.61 Å². The Morgan fingerprint density at radius 3 is 2.58 bits per heavy atom. The van der Waals surface area contributed by atoms with Gasteiger partial charge in [0.2, 0.25) is 0 Å². The largest absolute Gasteiger partial charge is 0.375 e. The van der Waals surface area contributed by atoms with Crippen LogP contribution < -0.4 is 5.32 Å². The Labute approximate surface area is 80.5 Å². The Balaban J connectivity index is 0.000000720. The number of nitrogens with one attached hydrogen (secondary N) is 1. The zero-order valence-electron chi connectivity index (χ0n) is 7.47. The highest BCUT2D eigenvalue weighted by molar-refractivity contribution is 5.85. The van der Waals surface area contributed by atoms with E-state index < -0.39 is 0 Å². The molecule has 0 aromatic heterocycles. The van der Waals surface area contributed by atoms with Gasteiger partial charge in [-0.25, -0.2) is 0 Å². The molecule has 1 spiro atoms. The summed E-state index contributed by atoms with van der Waals surface area (Å²) < 4.78 is 5.82. The van der Waals surface area contributed by atoms with Crippen LogP contribution in [0.4, 0.5) is 0 Å². The summed E-state index contributed by atoms with van der Waals surface area (Å²) in [6.45, 7) is 3.34. The lowest BCUT2D eigenvalue weighted by Crippen LogP contribution is -2.28. The van der Waals surface area contributed by atoms with Crippen molar-refractivity contribution in [3.05, 3.63) is 0 Å². The fourth-order valence-electron chi connectivity index (χ4n) is 2.25. The number of halogens is 1. The minimum atomic E-state index is 0. The maximum absolute atomic E-state index is 5.82. The van der Waals surface area contributed by atoms with Crippen molar-refractivity contribution in [3.63, 3.8) is 0 Å². The Kier molecular flexibility index (Phi) is 3.81. The van der Waals surface area contributed by atoms with Crippen LogP contribution in [0, 0.1) is 0 Å². The van der Waals surface area contributed by atoms with Gasteiger partial charge in [-0.05, 0) is 45.2 Å². The highest BCUT2D eigenvalue weighted by Gasteiger charge is 2.34. The van der Waals surface area contributed by atoms with Crippen LogP contribution in [-0.2, 0) is 4.74 Å². The molecule has 2 aliphatic heterocycles. The van der Waals surface area contributed by atoms with Crippen molar-refractivity contribution in [1.29, 1.82) is 0 Å². The lowest BCUT2D eigenvalue weighted by molar-refractivity contribution is -0.00522. The standard InChI is InChI=1S/C9H17NO.ClH/c1-3-9(4-2-8-11-9)5-7-10-6-1;/h10H,1-8H2;1H. The van der Waals surface area contributed by atoms with Gasteiger partial charge in [-0.2, -0.15) is 0 Å². The third kappa shape index (κ3) is 2.12. The maximum Gasteiger partial charge on any atom is 0.0696 e. The molecule has 2 rings (SSSR count). The molecule has 12 heavy (non-hydrogen) atoms. The lowest BCUT2D eigenvalue weighted by atomic mass is 9.92. The average Bonchev–Trinajstić information content (AvgIpc) is 2.32. The second-order valence-corrected chi connectivity index (χ2v) is 3.74. The molecule has 0 aromatic carbocycles. The maximum atomic E-state index is 5.82. The highest BCUT2D eigenvalue weighted by atomic mass is 35.5. The molecule has 2 heterocycles. The second kappa shape index (κ2) is 4.45. The fourth-order valence-corrected chi connectivity index (χ4v) is 2.25. The van der Waals surface area contributed by atoms with Crippen molar-refractivity contribution in [1.82, 2.24) is 5.32 Å². The zero-order valence-corrected chi connectivity index (χ0v) is 8.29. The van der Waals surface area contributed by atoms with Gasteiger partial charge in [0.05, 0.1) is 5.60 Å². The van der Waals surface area contributed by atoms with E-state index in [1.807, 2.05) is 0 Å². The number of hydrogen-bond donors (Lipinski definition) is 1. The van der Waals surface area contributed by atoms with Crippen LogP contribution in [0.3, 0.4) is 0 Å². The highest BCUT2D eigenvalue weighted by Crippen LogP contribution is 2.33. The van der Waals surface area contributed by atoms with Crippen molar-refractivity contribution >= 4 is 12.4 Å². The van der Waals surface area contributed by atoms with Gasteiger partial charge in [-0.15, -0.1) is 12.4 Å². The van der Waals surface area contributed by atoms with Crippen LogP contribution in [0.2, 0.25) is 0 Å². The molecule has 2 nitrogen and oxygen atoms in total. The molecular weight excluding hydrogens is 174 g/mol. The summed E-state index contributed by atoms with van der Waals surface area (Å²) in [6.07, 6.45) is 6.38. The van der Waals surface area contributed by atoms with Crippen LogP contribution in [-0.4, -0.2) is 25.3 Å². The summed E-state index contributed by atoms with van der Waals surface area (Å²) in [5.74, 6) is 0. The van der Waals surface area contributed by atoms with E-state index in [4.69, 9.17) is 4.74 Å². The van der Waals surface area contributed by atoms with Gasteiger partial charge < -0.3 is 10.1 Å². The first-order valence-corrected chi connectivity index (χ1v) is 4.76. The molecule has 0 saturated carbocycles. The summed E-state index contributed by atoms with van der Waals surface area (Å²) in [4.78, 5) is 0. The molecule has 0 aliphatic carbocycles. The summed E-state index contributed by atoms with van der Waals surface area (Å²) in [5.41, 5.74) is 0.295. The van der Waals surface area contributed by atoms with Crippen molar-refractivity contribution in [2.45, 2.75) is 37.7 Å². The number of hydrogen-bond acceptors (Lipinski definition) is 2. The van der Waals surface area contributed by atoms with E-state index in [0.717, 1.165) is 13.2 Å². The van der Waals surface area contributed by atoms with Crippen molar-refractivity contribution in [2.75, 3.05) is 19.7 Å². The molecule has 2 aliphatic rings. The van der Waals surface area contributed by atoms with Crippen LogP contribution in [0.25, 0.3) is 0 Å². The van der Waals surface area contributed by atoms with Crippen molar-refractivity contribution < 1.29 is 4.74 Å². The molecule has 0 aromatic rings. The third-order valence-corrected chi connectivity index (χ3v) is 2.93. The zero-order chi connectivity index (χ0) is 7.57. The fraction of sp³-hybridized carbons (Fsp3) is 1.00. The predicted molar refractivity (Wildman–Crippen MR) is 51.9 cm³/mol. The van der Waals surface area contributed by atoms with Gasteiger partial charge in [0.1, 0.15) is 0 Å². The van der Waals surface area contributed by atoms with Crippen LogP contribution in [0.15, 0.2) is 0 Å². The Morgan fingerprint density at radius 1 is 1.00 bits per heavy atom. The summed E-state index contributed by atoms with van der Waals surface area (Å²) in [6, 6.07) is 0. The monoisotopic (exact) mass is 191 g/mol. The van der Waals surface area contributed by atoms with E-state index in [9.17, 15) is 0 Å². The molecule has 0 amide bonds. The summed E-state index contributed by atoms with van der Waals surface area (Å²) in [7, 11) is 0. The van der Waals surface area contributed by atoms with Crippen LogP contribution in [0.5, 0.6) is 0 Å². The first kappa shape index (κ1) is 10.3. The quantitative estimate of drug-likeness (QED) is 0.630. The molecule has 2 fully saturated rings. The summed E-state index contributed by atoms with van der Waals surface area (Å²) in [5, 5.41) is 3.42. The van der Waals surface area contributed by atoms with Gasteiger partial charge >= 0.3 is 0 Å². The normalized spacial score (nSPS) is 36.0. The molecule has 3 heteroatoms. The molecule has 0 bridgehead atoms.